The zero-order valence-corrected chi connectivity index (χ0v) is 13.4. The van der Waals surface area contributed by atoms with Crippen LogP contribution in [-0.4, -0.2) is 17.7 Å². The second-order valence-electron chi connectivity index (χ2n) is 4.54. The van der Waals surface area contributed by atoms with Crippen molar-refractivity contribution in [3.05, 3.63) is 63.9 Å². The number of halogens is 2. The molecule has 0 aromatic heterocycles. The molecular weight excluding hydrogens is 365 g/mol. The van der Waals surface area contributed by atoms with Gasteiger partial charge in [-0.25, -0.2) is 9.18 Å². The van der Waals surface area contributed by atoms with Gasteiger partial charge in [-0.2, -0.15) is 5.26 Å². The number of benzene rings is 2. The number of hydrogen-bond donors (Lipinski definition) is 1. The first-order valence-corrected chi connectivity index (χ1v) is 7.31. The van der Waals surface area contributed by atoms with Crippen LogP contribution < -0.4 is 4.74 Å². The van der Waals surface area contributed by atoms with Gasteiger partial charge in [0.25, 0.3) is 0 Å². The molecule has 6 heteroatoms. The van der Waals surface area contributed by atoms with Crippen molar-refractivity contribution in [2.75, 3.05) is 6.61 Å². The minimum atomic E-state index is -1.10. The van der Waals surface area contributed by atoms with Crippen molar-refractivity contribution in [2.45, 2.75) is 0 Å². The van der Waals surface area contributed by atoms with E-state index in [0.717, 1.165) is 4.47 Å². The molecule has 2 aromatic carbocycles. The molecule has 0 radical (unpaired) electrons. The molecule has 0 atom stereocenters. The normalized spacial score (nSPS) is 10.9. The number of carboxylic acids is 1. The predicted molar refractivity (Wildman–Crippen MR) is 87.2 cm³/mol. The molecule has 0 unspecified atom stereocenters. The third-order valence-electron chi connectivity index (χ3n) is 2.90. The molecule has 23 heavy (non-hydrogen) atoms. The van der Waals surface area contributed by atoms with Crippen LogP contribution in [0.5, 0.6) is 5.75 Å². The molecule has 116 valence electrons. The maximum Gasteiger partial charge on any atom is 0.341 e. The van der Waals surface area contributed by atoms with Gasteiger partial charge in [-0.1, -0.05) is 28.1 Å². The Labute approximate surface area is 140 Å². The Balaban J connectivity index is 2.42. The summed E-state index contributed by atoms with van der Waals surface area (Å²) in [7, 11) is 0. The van der Waals surface area contributed by atoms with Gasteiger partial charge in [0.1, 0.15) is 11.6 Å². The third kappa shape index (κ3) is 4.66. The Morgan fingerprint density at radius 1 is 1.30 bits per heavy atom. The molecule has 0 aliphatic carbocycles. The van der Waals surface area contributed by atoms with Gasteiger partial charge in [0.05, 0.1) is 11.6 Å². The number of ether oxygens (including phenoxy) is 1. The largest absolute Gasteiger partial charge is 0.481 e. The van der Waals surface area contributed by atoms with E-state index >= 15 is 0 Å². The molecular formula is C17H11BrFNO3. The molecule has 0 fully saturated rings. The van der Waals surface area contributed by atoms with Crippen molar-refractivity contribution in [3.8, 4) is 11.8 Å². The number of allylic oxidation sites excluding steroid dienone is 1. The van der Waals surface area contributed by atoms with Crippen LogP contribution in [0.1, 0.15) is 11.1 Å². The van der Waals surface area contributed by atoms with Gasteiger partial charge in [0.15, 0.2) is 6.61 Å². The van der Waals surface area contributed by atoms with Crippen LogP contribution in [0.3, 0.4) is 0 Å². The van der Waals surface area contributed by atoms with Crippen LogP contribution in [0, 0.1) is 17.1 Å². The zero-order chi connectivity index (χ0) is 16.8. The summed E-state index contributed by atoms with van der Waals surface area (Å²) in [6, 6.07) is 12.6. The van der Waals surface area contributed by atoms with E-state index in [-0.39, 0.29) is 5.82 Å². The zero-order valence-electron chi connectivity index (χ0n) is 11.8. The van der Waals surface area contributed by atoms with Crippen LogP contribution >= 0.6 is 15.9 Å². The maximum absolute atomic E-state index is 13.0. The van der Waals surface area contributed by atoms with E-state index in [9.17, 15) is 14.4 Å². The minimum absolute atomic E-state index is 0.309. The standard InChI is InChI=1S/C17H11BrFNO3/c18-14-3-6-16(23-10-17(21)22)12(8-14)7-13(9-20)11-1-4-15(19)5-2-11/h1-8H,10H2,(H,21,22). The first-order valence-electron chi connectivity index (χ1n) is 6.51. The fourth-order valence-electron chi connectivity index (χ4n) is 1.87. The average molecular weight is 376 g/mol. The Morgan fingerprint density at radius 2 is 2.00 bits per heavy atom. The van der Waals surface area contributed by atoms with E-state index in [1.165, 1.54) is 24.3 Å². The van der Waals surface area contributed by atoms with Crippen LogP contribution in [-0.2, 0) is 4.79 Å². The predicted octanol–water partition coefficient (Wildman–Crippen LogP) is 4.12. The summed E-state index contributed by atoms with van der Waals surface area (Å²) in [5, 5.41) is 18.0. The lowest BCUT2D eigenvalue weighted by Gasteiger charge is -2.08. The summed E-state index contributed by atoms with van der Waals surface area (Å²) in [6.45, 7) is -0.485. The molecule has 0 aliphatic rings. The first-order chi connectivity index (χ1) is 11.0. The second kappa shape index (κ2) is 7.56. The van der Waals surface area contributed by atoms with Crippen molar-refractivity contribution in [3.63, 3.8) is 0 Å². The van der Waals surface area contributed by atoms with Gasteiger partial charge in [-0.3, -0.25) is 0 Å². The van der Waals surface area contributed by atoms with Gasteiger partial charge in [0.2, 0.25) is 0 Å². The Hall–Kier alpha value is -2.65. The topological polar surface area (TPSA) is 70.3 Å². The first kappa shape index (κ1) is 16.7. The number of hydrogen-bond acceptors (Lipinski definition) is 3. The lowest BCUT2D eigenvalue weighted by atomic mass is 10.0. The van der Waals surface area contributed by atoms with Crippen LogP contribution in [0.2, 0.25) is 0 Å². The highest BCUT2D eigenvalue weighted by molar-refractivity contribution is 9.10. The SMILES string of the molecule is N#CC(=Cc1cc(Br)ccc1OCC(=O)O)c1ccc(F)cc1. The highest BCUT2D eigenvalue weighted by atomic mass is 79.9. The number of nitriles is 1. The molecule has 0 heterocycles. The molecule has 2 aromatic rings. The fourth-order valence-corrected chi connectivity index (χ4v) is 2.25. The van der Waals surface area contributed by atoms with Gasteiger partial charge in [-0.05, 0) is 42.0 Å². The molecule has 0 aliphatic heterocycles. The highest BCUT2D eigenvalue weighted by Gasteiger charge is 2.08. The van der Waals surface area contributed by atoms with Gasteiger partial charge in [-0.15, -0.1) is 0 Å². The molecule has 0 bridgehead atoms. The summed E-state index contributed by atoms with van der Waals surface area (Å²) in [5.41, 5.74) is 1.41. The Bertz CT molecular complexity index is 794. The quantitative estimate of drug-likeness (QED) is 0.630. The van der Waals surface area contributed by atoms with Crippen LogP contribution in [0.15, 0.2) is 46.9 Å². The van der Waals surface area contributed by atoms with Gasteiger partial charge >= 0.3 is 5.97 Å². The maximum atomic E-state index is 13.0. The minimum Gasteiger partial charge on any atom is -0.481 e. The van der Waals surface area contributed by atoms with Crippen molar-refractivity contribution in [1.82, 2.24) is 0 Å². The lowest BCUT2D eigenvalue weighted by molar-refractivity contribution is -0.139. The smallest absolute Gasteiger partial charge is 0.341 e. The van der Waals surface area contributed by atoms with E-state index in [1.54, 1.807) is 24.3 Å². The van der Waals surface area contributed by atoms with Gasteiger partial charge < -0.3 is 9.84 Å². The molecule has 0 saturated carbocycles. The summed E-state index contributed by atoms with van der Waals surface area (Å²) >= 11 is 3.32. The van der Waals surface area contributed by atoms with E-state index in [1.807, 2.05) is 6.07 Å². The summed E-state index contributed by atoms with van der Waals surface area (Å²) in [5.74, 6) is -1.15. The molecule has 1 N–H and O–H groups in total. The fraction of sp³-hybridized carbons (Fsp3) is 0.0588. The molecule has 2 rings (SSSR count). The molecule has 0 spiro atoms. The van der Waals surface area contributed by atoms with E-state index in [0.29, 0.717) is 22.4 Å². The number of rotatable bonds is 5. The lowest BCUT2D eigenvalue weighted by Crippen LogP contribution is -2.10. The molecule has 0 amide bonds. The van der Waals surface area contributed by atoms with E-state index < -0.39 is 12.6 Å². The number of nitrogens with zero attached hydrogens (tertiary/aromatic N) is 1. The summed E-state index contributed by atoms with van der Waals surface area (Å²) in [4.78, 5) is 10.6. The van der Waals surface area contributed by atoms with Crippen molar-refractivity contribution in [2.24, 2.45) is 0 Å². The average Bonchev–Trinajstić information content (AvgIpc) is 2.52. The summed E-state index contributed by atoms with van der Waals surface area (Å²) in [6.07, 6.45) is 1.56. The second-order valence-corrected chi connectivity index (χ2v) is 5.46. The Morgan fingerprint density at radius 3 is 2.61 bits per heavy atom. The van der Waals surface area contributed by atoms with Crippen molar-refractivity contribution >= 4 is 33.5 Å². The monoisotopic (exact) mass is 375 g/mol. The van der Waals surface area contributed by atoms with Crippen molar-refractivity contribution < 1.29 is 19.0 Å². The van der Waals surface area contributed by atoms with Crippen LogP contribution in [0.25, 0.3) is 11.6 Å². The number of carboxylic acid groups (broad SMARTS) is 1. The van der Waals surface area contributed by atoms with Crippen LogP contribution in [0.4, 0.5) is 4.39 Å². The molecule has 4 nitrogen and oxygen atoms in total. The van der Waals surface area contributed by atoms with Gasteiger partial charge in [0, 0.05) is 10.0 Å². The number of carbonyl (C=O) groups is 1. The summed E-state index contributed by atoms with van der Waals surface area (Å²) < 4.78 is 19.0. The van der Waals surface area contributed by atoms with E-state index in [4.69, 9.17) is 9.84 Å². The number of aliphatic carboxylic acids is 1. The van der Waals surface area contributed by atoms with Crippen molar-refractivity contribution in [1.29, 1.82) is 5.26 Å². The third-order valence-corrected chi connectivity index (χ3v) is 3.39. The van der Waals surface area contributed by atoms with E-state index in [2.05, 4.69) is 15.9 Å². The highest BCUT2D eigenvalue weighted by Crippen LogP contribution is 2.28. The molecule has 0 saturated heterocycles. The Kier molecular flexibility index (Phi) is 5.50.